The summed E-state index contributed by atoms with van der Waals surface area (Å²) < 4.78 is 20.2. The molecule has 1 heterocycles. The Morgan fingerprint density at radius 3 is 2.74 bits per heavy atom. The number of ether oxygens (including phenoxy) is 1. The molecule has 0 atom stereocenters. The number of rotatable bonds is 7. The number of nitrogens with one attached hydrogen (secondary N) is 1. The number of para-hydroxylation sites is 1. The lowest BCUT2D eigenvalue weighted by Gasteiger charge is -2.14. The van der Waals surface area contributed by atoms with Crippen molar-refractivity contribution < 1.29 is 18.8 Å². The quantitative estimate of drug-likeness (QED) is 0.183. The molecule has 0 unspecified atom stereocenters. The van der Waals surface area contributed by atoms with Crippen LogP contribution >= 0.6 is 11.8 Å². The number of aromatic nitrogens is 2. The third kappa shape index (κ3) is 4.74. The Morgan fingerprint density at radius 2 is 1.97 bits per heavy atom. The van der Waals surface area contributed by atoms with E-state index in [-0.39, 0.29) is 22.2 Å². The van der Waals surface area contributed by atoms with Crippen LogP contribution in [0.5, 0.6) is 5.75 Å². The van der Waals surface area contributed by atoms with Crippen molar-refractivity contribution in [2.24, 2.45) is 0 Å². The van der Waals surface area contributed by atoms with Crippen molar-refractivity contribution in [2.75, 3.05) is 18.2 Å². The van der Waals surface area contributed by atoms with Gasteiger partial charge in [0, 0.05) is 17.8 Å². The molecular formula is C23H17FN4O5S. The number of carbonyl (C=O) groups excluding carboxylic acids is 1. The Morgan fingerprint density at radius 1 is 1.18 bits per heavy atom. The number of anilines is 1. The molecule has 1 amide bonds. The van der Waals surface area contributed by atoms with Gasteiger partial charge in [-0.05, 0) is 36.4 Å². The highest BCUT2D eigenvalue weighted by atomic mass is 32.2. The highest BCUT2D eigenvalue weighted by Gasteiger charge is 2.17. The van der Waals surface area contributed by atoms with E-state index in [0.29, 0.717) is 22.3 Å². The van der Waals surface area contributed by atoms with E-state index in [2.05, 4.69) is 10.3 Å². The Hall–Kier alpha value is -4.25. The highest BCUT2D eigenvalue weighted by Crippen LogP contribution is 2.25. The second kappa shape index (κ2) is 9.71. The summed E-state index contributed by atoms with van der Waals surface area (Å²) >= 11 is 1.02. The van der Waals surface area contributed by atoms with Crippen molar-refractivity contribution >= 4 is 39.9 Å². The van der Waals surface area contributed by atoms with Crippen LogP contribution in [-0.4, -0.2) is 33.2 Å². The molecule has 4 aromatic rings. The van der Waals surface area contributed by atoms with Crippen LogP contribution in [0.3, 0.4) is 0 Å². The van der Waals surface area contributed by atoms with Crippen molar-refractivity contribution in [1.29, 1.82) is 0 Å². The standard InChI is InChI=1S/C23H17FN4O5S/c1-33-16-6-4-5-15(12-16)27-22(30)17-7-2-3-8-19(17)26-23(27)34-13-21(29)25-14-9-10-18(24)20(11-14)28(31)32/h2-12H,13H2,1H3,(H,25,29). The fourth-order valence-corrected chi connectivity index (χ4v) is 4.06. The van der Waals surface area contributed by atoms with Crippen LogP contribution in [0.2, 0.25) is 0 Å². The molecule has 0 aliphatic carbocycles. The van der Waals surface area contributed by atoms with Crippen LogP contribution in [0.1, 0.15) is 0 Å². The molecule has 0 bridgehead atoms. The van der Waals surface area contributed by atoms with Crippen LogP contribution in [0.25, 0.3) is 16.6 Å². The Labute approximate surface area is 196 Å². The molecule has 0 saturated carbocycles. The lowest BCUT2D eigenvalue weighted by atomic mass is 10.2. The average Bonchev–Trinajstić information content (AvgIpc) is 2.84. The third-order valence-electron chi connectivity index (χ3n) is 4.82. The number of methoxy groups -OCH3 is 1. The normalized spacial score (nSPS) is 10.8. The lowest BCUT2D eigenvalue weighted by Crippen LogP contribution is -2.23. The summed E-state index contributed by atoms with van der Waals surface area (Å²) in [4.78, 5) is 40.4. The SMILES string of the molecule is COc1cccc(-n2c(SCC(=O)Nc3ccc(F)c([N+](=O)[O-])c3)nc3ccccc3c2=O)c1. The maximum absolute atomic E-state index is 13.5. The van der Waals surface area contributed by atoms with Gasteiger partial charge in [0.05, 0.1) is 34.4 Å². The van der Waals surface area contributed by atoms with Gasteiger partial charge in [0.2, 0.25) is 11.7 Å². The molecule has 4 rings (SSSR count). The fraction of sp³-hybridized carbons (Fsp3) is 0.0870. The van der Waals surface area contributed by atoms with E-state index in [9.17, 15) is 24.1 Å². The van der Waals surface area contributed by atoms with Crippen molar-refractivity contribution in [1.82, 2.24) is 9.55 Å². The van der Waals surface area contributed by atoms with Crippen molar-refractivity contribution in [3.05, 3.63) is 93.0 Å². The number of halogens is 1. The van der Waals surface area contributed by atoms with Gasteiger partial charge in [-0.25, -0.2) is 4.98 Å². The molecule has 0 saturated heterocycles. The van der Waals surface area contributed by atoms with Crippen LogP contribution in [-0.2, 0) is 4.79 Å². The minimum absolute atomic E-state index is 0.0790. The minimum Gasteiger partial charge on any atom is -0.497 e. The molecule has 1 aromatic heterocycles. The van der Waals surface area contributed by atoms with E-state index in [1.807, 2.05) is 0 Å². The summed E-state index contributed by atoms with van der Waals surface area (Å²) in [7, 11) is 1.51. The van der Waals surface area contributed by atoms with Crippen LogP contribution in [0.15, 0.2) is 76.7 Å². The van der Waals surface area contributed by atoms with Gasteiger partial charge in [0.15, 0.2) is 5.16 Å². The summed E-state index contributed by atoms with van der Waals surface area (Å²) in [6.07, 6.45) is 0. The number of hydrogen-bond donors (Lipinski definition) is 1. The van der Waals surface area contributed by atoms with Crippen LogP contribution in [0.4, 0.5) is 15.8 Å². The van der Waals surface area contributed by atoms with E-state index >= 15 is 0 Å². The maximum atomic E-state index is 13.5. The second-order valence-corrected chi connectivity index (χ2v) is 7.96. The first-order chi connectivity index (χ1) is 16.4. The molecule has 3 aromatic carbocycles. The average molecular weight is 480 g/mol. The molecule has 1 N–H and O–H groups in total. The van der Waals surface area contributed by atoms with Crippen LogP contribution < -0.4 is 15.6 Å². The number of nitro groups is 1. The number of hydrogen-bond acceptors (Lipinski definition) is 7. The Balaban J connectivity index is 1.65. The summed E-state index contributed by atoms with van der Waals surface area (Å²) in [5, 5.41) is 14.1. The summed E-state index contributed by atoms with van der Waals surface area (Å²) in [6, 6.07) is 16.8. The molecule has 34 heavy (non-hydrogen) atoms. The predicted molar refractivity (Wildman–Crippen MR) is 126 cm³/mol. The molecule has 9 nitrogen and oxygen atoms in total. The molecule has 0 fully saturated rings. The zero-order valence-corrected chi connectivity index (χ0v) is 18.5. The highest BCUT2D eigenvalue weighted by molar-refractivity contribution is 7.99. The molecule has 172 valence electrons. The number of benzene rings is 3. The smallest absolute Gasteiger partial charge is 0.306 e. The zero-order valence-electron chi connectivity index (χ0n) is 17.7. The first-order valence-electron chi connectivity index (χ1n) is 9.90. The van der Waals surface area contributed by atoms with Crippen molar-refractivity contribution in [3.8, 4) is 11.4 Å². The van der Waals surface area contributed by atoms with E-state index in [0.717, 1.165) is 23.9 Å². The molecule has 0 radical (unpaired) electrons. The minimum atomic E-state index is -1.000. The lowest BCUT2D eigenvalue weighted by molar-refractivity contribution is -0.387. The molecule has 11 heteroatoms. The van der Waals surface area contributed by atoms with Gasteiger partial charge < -0.3 is 10.1 Å². The first kappa shape index (κ1) is 22.9. The van der Waals surface area contributed by atoms with Crippen LogP contribution in [0, 0.1) is 15.9 Å². The third-order valence-corrected chi connectivity index (χ3v) is 5.75. The molecule has 0 aliphatic rings. The Bertz CT molecular complexity index is 1470. The van der Waals surface area contributed by atoms with Gasteiger partial charge in [0.25, 0.3) is 5.56 Å². The summed E-state index contributed by atoms with van der Waals surface area (Å²) in [6.45, 7) is 0. The monoisotopic (exact) mass is 480 g/mol. The molecule has 0 aliphatic heterocycles. The van der Waals surface area contributed by atoms with Gasteiger partial charge in [-0.1, -0.05) is 30.0 Å². The fourth-order valence-electron chi connectivity index (χ4n) is 3.24. The van der Waals surface area contributed by atoms with Gasteiger partial charge in [-0.15, -0.1) is 0 Å². The number of carbonyl (C=O) groups is 1. The maximum Gasteiger partial charge on any atom is 0.306 e. The predicted octanol–water partition coefficient (Wildman–Crippen LogP) is 4.17. The topological polar surface area (TPSA) is 116 Å². The van der Waals surface area contributed by atoms with Gasteiger partial charge in [-0.3, -0.25) is 24.3 Å². The number of fused-ring (bicyclic) bond motifs is 1. The Kier molecular flexibility index (Phi) is 6.55. The summed E-state index contributed by atoms with van der Waals surface area (Å²) in [5.74, 6) is -1.12. The van der Waals surface area contributed by atoms with E-state index in [4.69, 9.17) is 4.74 Å². The molecule has 0 spiro atoms. The van der Waals surface area contributed by atoms with Crippen molar-refractivity contribution in [2.45, 2.75) is 5.16 Å². The number of amides is 1. The van der Waals surface area contributed by atoms with E-state index in [1.165, 1.54) is 17.7 Å². The summed E-state index contributed by atoms with van der Waals surface area (Å²) in [5.41, 5.74) is 0.0168. The number of nitro benzene ring substituents is 1. The van der Waals surface area contributed by atoms with Gasteiger partial charge >= 0.3 is 5.69 Å². The van der Waals surface area contributed by atoms with Gasteiger partial charge in [0.1, 0.15) is 5.75 Å². The van der Waals surface area contributed by atoms with E-state index < -0.39 is 22.3 Å². The van der Waals surface area contributed by atoms with E-state index in [1.54, 1.807) is 48.5 Å². The largest absolute Gasteiger partial charge is 0.497 e. The number of nitrogens with zero attached hydrogens (tertiary/aromatic N) is 3. The van der Waals surface area contributed by atoms with Crippen molar-refractivity contribution in [3.63, 3.8) is 0 Å². The number of thioether (sulfide) groups is 1. The zero-order chi connectivity index (χ0) is 24.2. The first-order valence-corrected chi connectivity index (χ1v) is 10.9. The second-order valence-electron chi connectivity index (χ2n) is 7.01. The molecular weight excluding hydrogens is 463 g/mol. The van der Waals surface area contributed by atoms with Gasteiger partial charge in [-0.2, -0.15) is 4.39 Å².